The van der Waals surface area contributed by atoms with Gasteiger partial charge in [0.25, 0.3) is 0 Å². The minimum Gasteiger partial charge on any atom is -0.326 e. The van der Waals surface area contributed by atoms with Gasteiger partial charge >= 0.3 is 0 Å². The summed E-state index contributed by atoms with van der Waals surface area (Å²) in [4.78, 5) is 2.46. The number of hydrogen-bond donors (Lipinski definition) is 2. The van der Waals surface area contributed by atoms with Crippen LogP contribution >= 0.6 is 0 Å². The number of nitrogens with two attached hydrogens (primary N) is 2. The molecule has 0 aliphatic carbocycles. The molecule has 1 rings (SSSR count). The molecule has 0 spiro atoms. The van der Waals surface area contributed by atoms with Gasteiger partial charge in [-0.2, -0.15) is 0 Å². The van der Waals surface area contributed by atoms with Crippen molar-refractivity contribution in [1.29, 1.82) is 0 Å². The standard InChI is InChI=1S/C12H26N3/c13-9-5-1-2-6-10-15-11-7-3-4-8-12(15)14/h9,12H,1-8,10-11,13-14H2. The molecule has 0 saturated carbocycles. The molecule has 1 fully saturated rings. The Hall–Kier alpha value is -0.120. The molecule has 0 amide bonds. The molecule has 89 valence electrons. The van der Waals surface area contributed by atoms with Gasteiger partial charge in [-0.15, -0.1) is 0 Å². The van der Waals surface area contributed by atoms with E-state index in [-0.39, 0.29) is 0 Å². The molecular weight excluding hydrogens is 186 g/mol. The van der Waals surface area contributed by atoms with Crippen molar-refractivity contribution in [2.24, 2.45) is 11.5 Å². The fourth-order valence-corrected chi connectivity index (χ4v) is 2.23. The minimum atomic E-state index is 0.313. The molecule has 4 N–H and O–H groups in total. The molecule has 1 saturated heterocycles. The van der Waals surface area contributed by atoms with E-state index in [1.807, 2.05) is 0 Å². The summed E-state index contributed by atoms with van der Waals surface area (Å²) in [5.74, 6) is 0. The van der Waals surface area contributed by atoms with Gasteiger partial charge in [-0.3, -0.25) is 4.90 Å². The fourth-order valence-electron chi connectivity index (χ4n) is 2.23. The van der Waals surface area contributed by atoms with Gasteiger partial charge in [-0.1, -0.05) is 25.7 Å². The largest absolute Gasteiger partial charge is 0.326 e. The zero-order valence-electron chi connectivity index (χ0n) is 9.83. The first kappa shape index (κ1) is 12.9. The Kier molecular flexibility index (Phi) is 6.98. The van der Waals surface area contributed by atoms with Gasteiger partial charge in [0.05, 0.1) is 6.17 Å². The molecule has 0 aromatic carbocycles. The van der Waals surface area contributed by atoms with E-state index in [0.29, 0.717) is 6.17 Å². The van der Waals surface area contributed by atoms with E-state index in [0.717, 1.165) is 6.42 Å². The van der Waals surface area contributed by atoms with E-state index in [9.17, 15) is 0 Å². The molecule has 3 heteroatoms. The van der Waals surface area contributed by atoms with Gasteiger partial charge < -0.3 is 11.5 Å². The molecule has 15 heavy (non-hydrogen) atoms. The SMILES string of the molecule is N[CH]CCCCCN1CCCCCC1N. The molecule has 1 unspecified atom stereocenters. The molecule has 1 radical (unpaired) electrons. The van der Waals surface area contributed by atoms with Crippen LogP contribution in [0.25, 0.3) is 0 Å². The maximum atomic E-state index is 6.12. The van der Waals surface area contributed by atoms with Gasteiger partial charge in [-0.25, -0.2) is 0 Å². The van der Waals surface area contributed by atoms with Gasteiger partial charge in [0, 0.05) is 6.54 Å². The first-order valence-corrected chi connectivity index (χ1v) is 6.37. The van der Waals surface area contributed by atoms with Crippen molar-refractivity contribution in [3.63, 3.8) is 0 Å². The highest BCUT2D eigenvalue weighted by molar-refractivity contribution is 4.70. The van der Waals surface area contributed by atoms with Crippen molar-refractivity contribution in [3.8, 4) is 0 Å². The number of hydrogen-bond acceptors (Lipinski definition) is 3. The maximum Gasteiger partial charge on any atom is 0.0571 e. The lowest BCUT2D eigenvalue weighted by atomic mass is 10.2. The molecule has 0 bridgehead atoms. The van der Waals surface area contributed by atoms with Crippen LogP contribution in [0.3, 0.4) is 0 Å². The third-order valence-electron chi connectivity index (χ3n) is 3.23. The third-order valence-corrected chi connectivity index (χ3v) is 3.23. The molecule has 1 heterocycles. The summed E-state index contributed by atoms with van der Waals surface area (Å²) in [5.41, 5.74) is 11.5. The number of rotatable bonds is 6. The highest BCUT2D eigenvalue weighted by atomic mass is 15.2. The van der Waals surface area contributed by atoms with Crippen molar-refractivity contribution in [2.75, 3.05) is 13.1 Å². The second-order valence-corrected chi connectivity index (χ2v) is 4.54. The third kappa shape index (κ3) is 5.50. The van der Waals surface area contributed by atoms with Crippen LogP contribution in [0.15, 0.2) is 0 Å². The smallest absolute Gasteiger partial charge is 0.0571 e. The van der Waals surface area contributed by atoms with E-state index in [1.165, 1.54) is 58.0 Å². The van der Waals surface area contributed by atoms with E-state index in [2.05, 4.69) is 4.90 Å². The molecule has 0 aromatic heterocycles. The quantitative estimate of drug-likeness (QED) is 0.660. The average Bonchev–Trinajstić information content (AvgIpc) is 2.44. The Morgan fingerprint density at radius 3 is 2.80 bits per heavy atom. The van der Waals surface area contributed by atoms with Crippen molar-refractivity contribution in [1.82, 2.24) is 4.90 Å². The van der Waals surface area contributed by atoms with E-state index in [4.69, 9.17) is 11.5 Å². The first-order chi connectivity index (χ1) is 7.34. The number of nitrogens with zero attached hydrogens (tertiary/aromatic N) is 1. The molecule has 3 nitrogen and oxygen atoms in total. The van der Waals surface area contributed by atoms with Gasteiger partial charge in [-0.05, 0) is 38.8 Å². The van der Waals surface area contributed by atoms with Crippen molar-refractivity contribution >= 4 is 0 Å². The van der Waals surface area contributed by atoms with Crippen LogP contribution in [0.5, 0.6) is 0 Å². The predicted octanol–water partition coefficient (Wildman–Crippen LogP) is 1.83. The molecule has 0 aromatic rings. The zero-order chi connectivity index (χ0) is 10.9. The molecule has 1 atom stereocenters. The van der Waals surface area contributed by atoms with Crippen LogP contribution in [0.4, 0.5) is 0 Å². The zero-order valence-corrected chi connectivity index (χ0v) is 9.83. The summed E-state index contributed by atoms with van der Waals surface area (Å²) in [6.45, 7) is 4.13. The van der Waals surface area contributed by atoms with Crippen LogP contribution in [-0.4, -0.2) is 24.2 Å². The Labute approximate surface area is 94.2 Å². The Balaban J connectivity index is 2.07. The van der Waals surface area contributed by atoms with Crippen LogP contribution < -0.4 is 11.5 Å². The lowest BCUT2D eigenvalue weighted by molar-refractivity contribution is 0.200. The molecular formula is C12H26N3. The average molecular weight is 212 g/mol. The predicted molar refractivity (Wildman–Crippen MR) is 65.0 cm³/mol. The number of likely N-dealkylation sites (tertiary alicyclic amines) is 1. The van der Waals surface area contributed by atoms with Crippen LogP contribution in [0.2, 0.25) is 0 Å². The van der Waals surface area contributed by atoms with E-state index >= 15 is 0 Å². The van der Waals surface area contributed by atoms with Crippen molar-refractivity contribution in [2.45, 2.75) is 57.5 Å². The monoisotopic (exact) mass is 212 g/mol. The highest BCUT2D eigenvalue weighted by Crippen LogP contribution is 2.14. The summed E-state index contributed by atoms with van der Waals surface area (Å²) < 4.78 is 0. The Bertz CT molecular complexity index is 150. The summed E-state index contributed by atoms with van der Waals surface area (Å²) in [7, 11) is 0. The summed E-state index contributed by atoms with van der Waals surface area (Å²) in [5, 5.41) is 0. The Morgan fingerprint density at radius 1 is 1.13 bits per heavy atom. The minimum absolute atomic E-state index is 0.313. The summed E-state index contributed by atoms with van der Waals surface area (Å²) >= 11 is 0. The first-order valence-electron chi connectivity index (χ1n) is 6.37. The molecule has 1 aliphatic rings. The van der Waals surface area contributed by atoms with Gasteiger partial charge in [0.15, 0.2) is 0 Å². The van der Waals surface area contributed by atoms with Crippen molar-refractivity contribution in [3.05, 3.63) is 6.54 Å². The van der Waals surface area contributed by atoms with Gasteiger partial charge in [0.1, 0.15) is 0 Å². The van der Waals surface area contributed by atoms with Crippen LogP contribution in [0.1, 0.15) is 51.4 Å². The second-order valence-electron chi connectivity index (χ2n) is 4.54. The van der Waals surface area contributed by atoms with E-state index in [1.54, 1.807) is 6.54 Å². The normalized spacial score (nSPS) is 24.0. The second kappa shape index (κ2) is 8.08. The lowest BCUT2D eigenvalue weighted by Gasteiger charge is -2.26. The van der Waals surface area contributed by atoms with Crippen LogP contribution in [-0.2, 0) is 0 Å². The number of unbranched alkanes of at least 4 members (excludes halogenated alkanes) is 3. The van der Waals surface area contributed by atoms with Gasteiger partial charge in [0.2, 0.25) is 0 Å². The van der Waals surface area contributed by atoms with Crippen LogP contribution in [0, 0.1) is 6.54 Å². The topological polar surface area (TPSA) is 55.3 Å². The fraction of sp³-hybridized carbons (Fsp3) is 0.917. The summed E-state index contributed by atoms with van der Waals surface area (Å²) in [6.07, 6.45) is 10.3. The summed E-state index contributed by atoms with van der Waals surface area (Å²) in [6, 6.07) is 0. The Morgan fingerprint density at radius 2 is 2.00 bits per heavy atom. The van der Waals surface area contributed by atoms with E-state index < -0.39 is 0 Å². The highest BCUT2D eigenvalue weighted by Gasteiger charge is 2.15. The molecule has 1 aliphatic heterocycles. The maximum absolute atomic E-state index is 6.12. The lowest BCUT2D eigenvalue weighted by Crippen LogP contribution is -2.41. The van der Waals surface area contributed by atoms with Crippen molar-refractivity contribution < 1.29 is 0 Å².